The molecule has 3 heteroatoms. The molecule has 3 nitrogen and oxygen atoms in total. The largest absolute Gasteiger partial charge is 0.369 e. The van der Waals surface area contributed by atoms with Gasteiger partial charge in [0.1, 0.15) is 0 Å². The molecule has 1 aliphatic rings. The Morgan fingerprint density at radius 1 is 1.54 bits per heavy atom. The number of primary amides is 1. The molecule has 3 N–H and O–H groups in total. The normalized spacial score (nSPS) is 16.8. The van der Waals surface area contributed by atoms with E-state index in [0.717, 1.165) is 13.0 Å². The van der Waals surface area contributed by atoms with Gasteiger partial charge in [0, 0.05) is 0 Å². The summed E-state index contributed by atoms with van der Waals surface area (Å²) in [6.45, 7) is 1.17. The molecule has 0 saturated carbocycles. The highest BCUT2D eigenvalue weighted by atomic mass is 16.1. The van der Waals surface area contributed by atoms with Gasteiger partial charge in [0.15, 0.2) is 0 Å². The van der Waals surface area contributed by atoms with Crippen molar-refractivity contribution in [3.8, 4) is 0 Å². The molecular formula is C10H18N2O. The third kappa shape index (κ3) is 4.68. The summed E-state index contributed by atoms with van der Waals surface area (Å²) in [6, 6.07) is 0. The van der Waals surface area contributed by atoms with E-state index in [1.807, 2.05) is 0 Å². The Balaban J connectivity index is 2.04. The summed E-state index contributed by atoms with van der Waals surface area (Å²) in [5.41, 5.74) is 6.53. The third-order valence-corrected chi connectivity index (χ3v) is 2.31. The highest BCUT2D eigenvalue weighted by Crippen LogP contribution is 2.19. The van der Waals surface area contributed by atoms with Crippen LogP contribution in [-0.4, -0.2) is 19.0 Å². The number of nitrogens with one attached hydrogen (secondary N) is 1. The Bertz CT molecular complexity index is 199. The van der Waals surface area contributed by atoms with Crippen LogP contribution in [0.4, 0.5) is 0 Å². The Labute approximate surface area is 79.4 Å². The molecule has 0 saturated heterocycles. The molecule has 13 heavy (non-hydrogen) atoms. The molecule has 1 amide bonds. The van der Waals surface area contributed by atoms with Crippen LogP contribution >= 0.6 is 0 Å². The van der Waals surface area contributed by atoms with Gasteiger partial charge in [-0.25, -0.2) is 0 Å². The van der Waals surface area contributed by atoms with E-state index in [2.05, 4.69) is 11.4 Å². The van der Waals surface area contributed by atoms with Crippen LogP contribution < -0.4 is 11.1 Å². The van der Waals surface area contributed by atoms with Crippen molar-refractivity contribution in [2.75, 3.05) is 13.1 Å². The fourth-order valence-corrected chi connectivity index (χ4v) is 1.59. The van der Waals surface area contributed by atoms with Crippen molar-refractivity contribution in [2.45, 2.75) is 32.1 Å². The predicted molar refractivity (Wildman–Crippen MR) is 53.2 cm³/mol. The second-order valence-electron chi connectivity index (χ2n) is 3.50. The van der Waals surface area contributed by atoms with Crippen LogP contribution in [-0.2, 0) is 4.79 Å². The van der Waals surface area contributed by atoms with Crippen LogP contribution in [0.15, 0.2) is 11.6 Å². The number of carbonyl (C=O) groups excluding carboxylic acids is 1. The molecule has 0 radical (unpaired) electrons. The average molecular weight is 182 g/mol. The first-order chi connectivity index (χ1) is 6.29. The van der Waals surface area contributed by atoms with Crippen molar-refractivity contribution in [2.24, 2.45) is 5.73 Å². The minimum absolute atomic E-state index is 0.280. The molecular weight excluding hydrogens is 164 g/mol. The zero-order chi connectivity index (χ0) is 9.52. The van der Waals surface area contributed by atoms with Crippen LogP contribution in [0.3, 0.4) is 0 Å². The van der Waals surface area contributed by atoms with Crippen LogP contribution in [0.5, 0.6) is 0 Å². The lowest BCUT2D eigenvalue weighted by molar-refractivity contribution is -0.117. The quantitative estimate of drug-likeness (QED) is 0.491. The Hall–Kier alpha value is -0.830. The standard InChI is InChI=1S/C10H18N2O/c11-10(13)8-12-7-6-9-4-2-1-3-5-9/h4,12H,1-3,5-8H2,(H2,11,13). The van der Waals surface area contributed by atoms with E-state index in [1.165, 1.54) is 31.3 Å². The lowest BCUT2D eigenvalue weighted by atomic mass is 9.97. The predicted octanol–water partition coefficient (Wildman–Crippen LogP) is 0.952. The molecule has 0 bridgehead atoms. The van der Waals surface area contributed by atoms with Crippen molar-refractivity contribution in [1.29, 1.82) is 0 Å². The lowest BCUT2D eigenvalue weighted by Crippen LogP contribution is -2.29. The molecule has 1 rings (SSSR count). The molecule has 0 fully saturated rings. The van der Waals surface area contributed by atoms with Crippen molar-refractivity contribution >= 4 is 5.91 Å². The summed E-state index contributed by atoms with van der Waals surface area (Å²) in [7, 11) is 0. The highest BCUT2D eigenvalue weighted by molar-refractivity contribution is 5.75. The van der Waals surface area contributed by atoms with Crippen molar-refractivity contribution < 1.29 is 4.79 Å². The second kappa shape index (κ2) is 5.75. The van der Waals surface area contributed by atoms with E-state index in [0.29, 0.717) is 6.54 Å². The van der Waals surface area contributed by atoms with Crippen molar-refractivity contribution in [1.82, 2.24) is 5.32 Å². The number of nitrogens with two attached hydrogens (primary N) is 1. The Morgan fingerprint density at radius 3 is 3.00 bits per heavy atom. The van der Waals surface area contributed by atoms with Gasteiger partial charge in [0.05, 0.1) is 6.54 Å². The van der Waals surface area contributed by atoms with Gasteiger partial charge in [0.25, 0.3) is 0 Å². The van der Waals surface area contributed by atoms with Gasteiger partial charge in [0.2, 0.25) is 5.91 Å². The molecule has 0 atom stereocenters. The fourth-order valence-electron chi connectivity index (χ4n) is 1.59. The molecule has 0 aliphatic heterocycles. The summed E-state index contributed by atoms with van der Waals surface area (Å²) in [5, 5.41) is 3.02. The first kappa shape index (κ1) is 10.3. The van der Waals surface area contributed by atoms with Gasteiger partial charge in [-0.2, -0.15) is 0 Å². The number of hydrogen-bond acceptors (Lipinski definition) is 2. The smallest absolute Gasteiger partial charge is 0.231 e. The van der Waals surface area contributed by atoms with Crippen LogP contribution in [0, 0.1) is 0 Å². The first-order valence-electron chi connectivity index (χ1n) is 4.96. The topological polar surface area (TPSA) is 55.1 Å². The second-order valence-corrected chi connectivity index (χ2v) is 3.50. The molecule has 1 aliphatic carbocycles. The summed E-state index contributed by atoms with van der Waals surface area (Å²) in [4.78, 5) is 10.4. The first-order valence-corrected chi connectivity index (χ1v) is 4.96. The van der Waals surface area contributed by atoms with Crippen LogP contribution in [0.2, 0.25) is 0 Å². The number of amides is 1. The number of rotatable bonds is 5. The number of carbonyl (C=O) groups is 1. The molecule has 74 valence electrons. The monoisotopic (exact) mass is 182 g/mol. The zero-order valence-electron chi connectivity index (χ0n) is 8.01. The molecule has 0 heterocycles. The minimum atomic E-state index is -0.280. The maximum absolute atomic E-state index is 10.4. The number of allylic oxidation sites excluding steroid dienone is 1. The van der Waals surface area contributed by atoms with E-state index in [9.17, 15) is 4.79 Å². The molecule has 0 aromatic rings. The van der Waals surface area contributed by atoms with E-state index in [-0.39, 0.29) is 5.91 Å². The van der Waals surface area contributed by atoms with Gasteiger partial charge in [-0.3, -0.25) is 4.79 Å². The summed E-state index contributed by atoms with van der Waals surface area (Å²) in [6.07, 6.45) is 8.51. The van der Waals surface area contributed by atoms with E-state index in [1.54, 1.807) is 0 Å². The molecule has 0 aromatic carbocycles. The van der Waals surface area contributed by atoms with E-state index >= 15 is 0 Å². The highest BCUT2D eigenvalue weighted by Gasteiger charge is 2.02. The van der Waals surface area contributed by atoms with Gasteiger partial charge in [-0.15, -0.1) is 0 Å². The number of hydrogen-bond donors (Lipinski definition) is 2. The van der Waals surface area contributed by atoms with E-state index < -0.39 is 0 Å². The van der Waals surface area contributed by atoms with E-state index in [4.69, 9.17) is 5.73 Å². The van der Waals surface area contributed by atoms with Gasteiger partial charge < -0.3 is 11.1 Å². The molecule has 0 aromatic heterocycles. The summed E-state index contributed by atoms with van der Waals surface area (Å²) < 4.78 is 0. The third-order valence-electron chi connectivity index (χ3n) is 2.31. The Kier molecular flexibility index (Phi) is 4.54. The maximum Gasteiger partial charge on any atom is 0.231 e. The lowest BCUT2D eigenvalue weighted by Gasteiger charge is -2.12. The summed E-state index contributed by atoms with van der Waals surface area (Å²) >= 11 is 0. The van der Waals surface area contributed by atoms with Crippen LogP contribution in [0.25, 0.3) is 0 Å². The average Bonchev–Trinajstić information content (AvgIpc) is 2.14. The maximum atomic E-state index is 10.4. The fraction of sp³-hybridized carbons (Fsp3) is 0.700. The molecule has 0 spiro atoms. The SMILES string of the molecule is NC(=O)CNCCC1=CCCCC1. The van der Waals surface area contributed by atoms with Gasteiger partial charge >= 0.3 is 0 Å². The minimum Gasteiger partial charge on any atom is -0.369 e. The van der Waals surface area contributed by atoms with Crippen molar-refractivity contribution in [3.05, 3.63) is 11.6 Å². The van der Waals surface area contributed by atoms with Crippen LogP contribution in [0.1, 0.15) is 32.1 Å². The summed E-state index contributed by atoms with van der Waals surface area (Å²) in [5.74, 6) is -0.280. The van der Waals surface area contributed by atoms with Gasteiger partial charge in [-0.05, 0) is 38.6 Å². The molecule has 0 unspecified atom stereocenters. The Morgan fingerprint density at radius 2 is 2.38 bits per heavy atom. The van der Waals surface area contributed by atoms with Gasteiger partial charge in [-0.1, -0.05) is 11.6 Å². The van der Waals surface area contributed by atoms with Crippen molar-refractivity contribution in [3.63, 3.8) is 0 Å². The zero-order valence-corrected chi connectivity index (χ0v) is 8.01.